The van der Waals surface area contributed by atoms with Gasteiger partial charge in [0.2, 0.25) is 13.3 Å². The molecule has 0 radical (unpaired) electrons. The van der Waals surface area contributed by atoms with Crippen molar-refractivity contribution in [2.75, 3.05) is 39.3 Å². The fourth-order valence-electron chi connectivity index (χ4n) is 8.25. The predicted molar refractivity (Wildman–Crippen MR) is 181 cm³/mol. The smallest absolute Gasteiger partial charge is 0.235 e. The second-order valence-electron chi connectivity index (χ2n) is 13.5. The van der Waals surface area contributed by atoms with Crippen LogP contribution < -0.4 is 15.8 Å². The molecule has 15 heteroatoms. The Morgan fingerprint density at radius 1 is 1.08 bits per heavy atom. The van der Waals surface area contributed by atoms with Gasteiger partial charge in [0.25, 0.3) is 0 Å². The molecule has 50 heavy (non-hydrogen) atoms. The van der Waals surface area contributed by atoms with Gasteiger partial charge in [-0.05, 0) is 62.7 Å². The summed E-state index contributed by atoms with van der Waals surface area (Å²) in [5, 5.41) is 38.6. The number of fused-ring (bicyclic) bond motifs is 3. The largest absolute Gasteiger partial charge is 0.505 e. The zero-order valence-corrected chi connectivity index (χ0v) is 29.7. The molecule has 0 aromatic heterocycles. The third kappa shape index (κ3) is 5.57. The molecule has 5 rings (SSSR count). The summed E-state index contributed by atoms with van der Waals surface area (Å²) >= 11 is 0. The van der Waals surface area contributed by atoms with Crippen LogP contribution in [-0.2, 0) is 28.3 Å². The lowest BCUT2D eigenvalue weighted by atomic mass is 9.49. The number of aromatic hydroxyl groups is 1. The Kier molecular flexibility index (Phi) is 10.2. The van der Waals surface area contributed by atoms with Crippen molar-refractivity contribution in [3.05, 3.63) is 53.1 Å². The molecule has 2 fully saturated rings. The van der Waals surface area contributed by atoms with Crippen LogP contribution in [0.25, 0.3) is 0 Å². The zero-order valence-electron chi connectivity index (χ0n) is 28.8. The average Bonchev–Trinajstić information content (AvgIpc) is 3.06. The fraction of sp³-hybridized carbons (Fsp3) is 0.514. The number of phenolic OH excluding ortho intramolecular Hbond substituents is 1. The van der Waals surface area contributed by atoms with Crippen LogP contribution in [0.4, 0.5) is 5.69 Å². The molecule has 0 aliphatic heterocycles. The lowest BCUT2D eigenvalue weighted by Gasteiger charge is -2.56. The minimum Gasteiger partial charge on any atom is -0.505 e. The van der Waals surface area contributed by atoms with Crippen molar-refractivity contribution in [2.24, 2.45) is 29.4 Å². The monoisotopic (exact) mass is 713 g/mol. The molecule has 3 aliphatic rings. The van der Waals surface area contributed by atoms with Gasteiger partial charge >= 0.3 is 0 Å². The maximum Gasteiger partial charge on any atom is 0.235 e. The Labute approximate surface area is 289 Å². The number of benzene rings is 2. The summed E-state index contributed by atoms with van der Waals surface area (Å²) in [6.07, 6.45) is -1.03. The standard InChI is InChI=1S/C35H44N3O11P/c1-7-15-50(47,49-8-2)34(17-9-11-18(48-6)12-10-17)37-20-14-13-19-16(3)21-23(28(40)22(19)27(20)39)31(43)35(46)25(29(21)41)26(38(4)5)30(42)24(32(35)44)33(36)45/h9-14,16,21,23-26,29,34,37,39,41,46H,7-8,15H2,1-6H3,(H2,36,45)/t16-,21+,23?,24?,25+,26-,29-,34?,35-,50?/m0/s1. The van der Waals surface area contributed by atoms with Gasteiger partial charge in [-0.25, -0.2) is 0 Å². The Bertz CT molecular complexity index is 1770. The Balaban J connectivity index is 1.63. The summed E-state index contributed by atoms with van der Waals surface area (Å²) in [5.74, 6) is -14.8. The molecule has 6 N–H and O–H groups in total. The highest BCUT2D eigenvalue weighted by atomic mass is 31.2. The van der Waals surface area contributed by atoms with Crippen LogP contribution in [-0.4, -0.2) is 101 Å². The number of aliphatic hydroxyl groups excluding tert-OH is 1. The molecule has 2 aromatic carbocycles. The molecule has 4 unspecified atom stereocenters. The highest BCUT2D eigenvalue weighted by Crippen LogP contribution is 2.61. The van der Waals surface area contributed by atoms with E-state index in [2.05, 4.69) is 5.32 Å². The van der Waals surface area contributed by atoms with E-state index in [-0.39, 0.29) is 29.6 Å². The van der Waals surface area contributed by atoms with Gasteiger partial charge in [0.15, 0.2) is 34.7 Å². The van der Waals surface area contributed by atoms with Gasteiger partial charge in [-0.3, -0.25) is 33.4 Å². The number of carbonyl (C=O) groups excluding carboxylic acids is 5. The Morgan fingerprint density at radius 3 is 2.26 bits per heavy atom. The number of ketones is 4. The zero-order chi connectivity index (χ0) is 37.0. The topological polar surface area (TPSA) is 223 Å². The second-order valence-corrected chi connectivity index (χ2v) is 16.2. The number of methoxy groups -OCH3 is 1. The van der Waals surface area contributed by atoms with E-state index in [0.717, 1.165) is 0 Å². The molecular formula is C35H44N3O11P. The molecule has 0 bridgehead atoms. The number of nitrogens with one attached hydrogen (secondary N) is 1. The summed E-state index contributed by atoms with van der Waals surface area (Å²) in [6, 6.07) is 8.37. The van der Waals surface area contributed by atoms with E-state index in [1.165, 1.54) is 32.2 Å². The van der Waals surface area contributed by atoms with Crippen LogP contribution in [0.5, 0.6) is 11.5 Å². The molecule has 0 saturated heterocycles. The van der Waals surface area contributed by atoms with Crippen LogP contribution in [0.3, 0.4) is 0 Å². The summed E-state index contributed by atoms with van der Waals surface area (Å²) < 4.78 is 25.5. The maximum atomic E-state index is 14.4. The number of nitrogens with zero attached hydrogens (tertiary/aromatic N) is 1. The Hall–Kier alpha value is -3.94. The highest BCUT2D eigenvalue weighted by molar-refractivity contribution is 7.59. The van der Waals surface area contributed by atoms with Gasteiger partial charge in [0, 0.05) is 12.1 Å². The van der Waals surface area contributed by atoms with Crippen molar-refractivity contribution in [3.63, 3.8) is 0 Å². The maximum absolute atomic E-state index is 14.4. The molecule has 2 aromatic rings. The van der Waals surface area contributed by atoms with Crippen molar-refractivity contribution in [3.8, 4) is 11.5 Å². The van der Waals surface area contributed by atoms with E-state index in [0.29, 0.717) is 17.7 Å². The summed E-state index contributed by atoms with van der Waals surface area (Å²) in [5.41, 5.74) is 2.84. The number of anilines is 1. The van der Waals surface area contributed by atoms with Gasteiger partial charge in [-0.15, -0.1) is 0 Å². The molecule has 0 heterocycles. The molecule has 1 amide bonds. The van der Waals surface area contributed by atoms with Crippen molar-refractivity contribution in [1.29, 1.82) is 0 Å². The number of Topliss-reactive ketones (excluding diaryl/α,β-unsaturated/α-hetero) is 4. The fourth-order valence-corrected chi connectivity index (χ4v) is 10.8. The number of ether oxygens (including phenoxy) is 1. The first-order valence-electron chi connectivity index (χ1n) is 16.5. The van der Waals surface area contributed by atoms with Crippen LogP contribution in [0.1, 0.15) is 60.4 Å². The molecule has 14 nitrogen and oxygen atoms in total. The number of aliphatic hydroxyl groups is 2. The molecule has 2 saturated carbocycles. The molecular weight excluding hydrogens is 669 g/mol. The minimum atomic E-state index is -3.50. The summed E-state index contributed by atoms with van der Waals surface area (Å²) in [4.78, 5) is 69.3. The molecule has 270 valence electrons. The third-order valence-electron chi connectivity index (χ3n) is 10.5. The van der Waals surface area contributed by atoms with E-state index >= 15 is 0 Å². The average molecular weight is 714 g/mol. The van der Waals surface area contributed by atoms with Crippen LogP contribution in [0, 0.1) is 23.7 Å². The van der Waals surface area contributed by atoms with E-state index in [4.69, 9.17) is 15.0 Å². The van der Waals surface area contributed by atoms with E-state index in [1.54, 1.807) is 44.2 Å². The number of amides is 1. The van der Waals surface area contributed by atoms with E-state index in [1.807, 2.05) is 6.92 Å². The van der Waals surface area contributed by atoms with Crippen molar-refractivity contribution in [1.82, 2.24) is 4.90 Å². The van der Waals surface area contributed by atoms with Gasteiger partial charge < -0.3 is 35.6 Å². The molecule has 0 spiro atoms. The number of hydrogen-bond acceptors (Lipinski definition) is 13. The number of hydrogen-bond donors (Lipinski definition) is 5. The molecule has 3 aliphatic carbocycles. The first-order valence-corrected chi connectivity index (χ1v) is 18.4. The number of phenols is 1. The normalized spacial score (nSPS) is 30.9. The number of carbonyl (C=O) groups is 5. The number of nitrogens with two attached hydrogens (primary N) is 1. The number of primary amides is 1. The quantitative estimate of drug-likeness (QED) is 0.128. The minimum absolute atomic E-state index is 0.000739. The van der Waals surface area contributed by atoms with Gasteiger partial charge in [-0.1, -0.05) is 32.0 Å². The SMILES string of the molecule is CCCP(=O)(OCC)C(Nc1ccc2c(c1O)C(=O)C1C(=O)[C@]3(O)C(=O)C(C(N)=O)C(=O)[C@@H](N(C)C)[C@@H]3[C@@H](O)[C@@H]1[C@H]2C)c1ccc(OC)cc1. The van der Waals surface area contributed by atoms with E-state index < -0.39 is 95.3 Å². The first-order chi connectivity index (χ1) is 23.5. The van der Waals surface area contributed by atoms with Gasteiger partial charge in [0.05, 0.1) is 48.9 Å². The summed E-state index contributed by atoms with van der Waals surface area (Å²) in [7, 11) is 0.876. The number of likely N-dealkylation sites (N-methyl/N-ethyl adjacent to an activating group) is 1. The second kappa shape index (κ2) is 13.6. The first kappa shape index (κ1) is 37.3. The van der Waals surface area contributed by atoms with Gasteiger partial charge in [-0.2, -0.15) is 0 Å². The van der Waals surface area contributed by atoms with Crippen molar-refractivity contribution in [2.45, 2.75) is 56.6 Å². The van der Waals surface area contributed by atoms with Crippen molar-refractivity contribution >= 4 is 42.1 Å². The third-order valence-corrected chi connectivity index (χ3v) is 13.5. The summed E-state index contributed by atoms with van der Waals surface area (Å²) in [6.45, 7) is 5.35. The van der Waals surface area contributed by atoms with Crippen LogP contribution in [0.2, 0.25) is 0 Å². The molecule has 10 atom stereocenters. The number of rotatable bonds is 11. The van der Waals surface area contributed by atoms with E-state index in [9.17, 15) is 43.9 Å². The lowest BCUT2D eigenvalue weighted by Crippen LogP contribution is -2.77. The van der Waals surface area contributed by atoms with Crippen molar-refractivity contribution < 1.29 is 53.1 Å². The highest BCUT2D eigenvalue weighted by Gasteiger charge is 2.73. The van der Waals surface area contributed by atoms with Gasteiger partial charge in [0.1, 0.15) is 17.3 Å². The Morgan fingerprint density at radius 2 is 1.72 bits per heavy atom. The lowest BCUT2D eigenvalue weighted by molar-refractivity contribution is -0.196. The van der Waals surface area contributed by atoms with Crippen LogP contribution in [0.15, 0.2) is 36.4 Å². The van der Waals surface area contributed by atoms with Crippen LogP contribution >= 0.6 is 7.37 Å². The predicted octanol–water partition coefficient (Wildman–Crippen LogP) is 2.24.